The average Bonchev–Trinajstić information content (AvgIpc) is 3.28. The summed E-state index contributed by atoms with van der Waals surface area (Å²) < 4.78 is 5.04. The Labute approximate surface area is 123 Å². The number of methoxy groups -OCH3 is 1. The molecule has 0 bridgehead atoms. The molecule has 2 fully saturated rings. The quantitative estimate of drug-likeness (QED) is 0.659. The van der Waals surface area contributed by atoms with Crippen molar-refractivity contribution in [3.63, 3.8) is 0 Å². The van der Waals surface area contributed by atoms with Crippen LogP contribution in [0, 0.1) is 0 Å². The van der Waals surface area contributed by atoms with Crippen LogP contribution < -0.4 is 5.32 Å². The molecule has 2 aliphatic rings. The van der Waals surface area contributed by atoms with Crippen molar-refractivity contribution in [3.05, 3.63) is 0 Å². The van der Waals surface area contributed by atoms with E-state index in [2.05, 4.69) is 24.1 Å². The van der Waals surface area contributed by atoms with Crippen molar-refractivity contribution in [3.8, 4) is 0 Å². The molecule has 0 radical (unpaired) electrons. The molecule has 0 aromatic heterocycles. The highest BCUT2D eigenvalue weighted by molar-refractivity contribution is 5.80. The molecule has 0 aliphatic heterocycles. The molecule has 4 nitrogen and oxygen atoms in total. The van der Waals surface area contributed by atoms with Crippen LogP contribution >= 0.6 is 0 Å². The van der Waals surface area contributed by atoms with Crippen molar-refractivity contribution in [1.29, 1.82) is 0 Å². The van der Waals surface area contributed by atoms with Gasteiger partial charge in [0, 0.05) is 18.1 Å². The number of ether oxygens (including phenoxy) is 1. The van der Waals surface area contributed by atoms with Crippen molar-refractivity contribution >= 4 is 5.97 Å². The highest BCUT2D eigenvalue weighted by Gasteiger charge is 2.42. The van der Waals surface area contributed by atoms with E-state index < -0.39 is 5.54 Å². The van der Waals surface area contributed by atoms with Crippen LogP contribution in [-0.4, -0.2) is 48.2 Å². The van der Waals surface area contributed by atoms with Gasteiger partial charge in [-0.3, -0.25) is 15.0 Å². The fourth-order valence-corrected chi connectivity index (χ4v) is 3.24. The van der Waals surface area contributed by atoms with Crippen LogP contribution in [0.25, 0.3) is 0 Å². The van der Waals surface area contributed by atoms with Gasteiger partial charge in [0.25, 0.3) is 0 Å². The van der Waals surface area contributed by atoms with Crippen LogP contribution in [0.4, 0.5) is 0 Å². The number of carbonyl (C=O) groups is 1. The number of nitrogens with one attached hydrogen (secondary N) is 1. The highest BCUT2D eigenvalue weighted by Crippen LogP contribution is 2.32. The molecular weight excluding hydrogens is 252 g/mol. The molecule has 2 rings (SSSR count). The van der Waals surface area contributed by atoms with Crippen LogP contribution in [0.5, 0.6) is 0 Å². The molecule has 2 aliphatic carbocycles. The van der Waals surface area contributed by atoms with Crippen LogP contribution in [-0.2, 0) is 9.53 Å². The average molecular weight is 282 g/mol. The van der Waals surface area contributed by atoms with E-state index in [-0.39, 0.29) is 5.97 Å². The standard InChI is InChI=1S/C16H30N2O2/c1-5-10-18(14-8-9-14)12(2)11-16(3,15(19)20-4)17-13-6-7-13/h12-14,17H,5-11H2,1-4H3. The van der Waals surface area contributed by atoms with E-state index in [0.717, 1.165) is 19.0 Å². The lowest BCUT2D eigenvalue weighted by Gasteiger charge is -2.36. The lowest BCUT2D eigenvalue weighted by molar-refractivity contribution is -0.149. The van der Waals surface area contributed by atoms with E-state index in [9.17, 15) is 4.79 Å². The summed E-state index contributed by atoms with van der Waals surface area (Å²) in [4.78, 5) is 14.8. The summed E-state index contributed by atoms with van der Waals surface area (Å²) in [7, 11) is 1.49. The predicted molar refractivity (Wildman–Crippen MR) is 80.7 cm³/mol. The Morgan fingerprint density at radius 1 is 1.40 bits per heavy atom. The minimum atomic E-state index is -0.545. The first kappa shape index (κ1) is 15.8. The maximum absolute atomic E-state index is 12.2. The van der Waals surface area contributed by atoms with Crippen molar-refractivity contribution in [2.24, 2.45) is 0 Å². The molecule has 4 heteroatoms. The van der Waals surface area contributed by atoms with Crippen molar-refractivity contribution in [2.45, 2.75) is 83.0 Å². The minimum absolute atomic E-state index is 0.122. The Hall–Kier alpha value is -0.610. The Morgan fingerprint density at radius 2 is 2.05 bits per heavy atom. The molecule has 0 spiro atoms. The first-order valence-electron chi connectivity index (χ1n) is 8.12. The first-order chi connectivity index (χ1) is 9.50. The molecule has 2 unspecified atom stereocenters. The van der Waals surface area contributed by atoms with Crippen LogP contribution in [0.15, 0.2) is 0 Å². The normalized spacial score (nSPS) is 23.4. The van der Waals surface area contributed by atoms with E-state index in [1.54, 1.807) is 0 Å². The van der Waals surface area contributed by atoms with Crippen LogP contribution in [0.1, 0.15) is 59.3 Å². The topological polar surface area (TPSA) is 41.6 Å². The molecular formula is C16H30N2O2. The Bertz CT molecular complexity index is 339. The molecule has 2 atom stereocenters. The molecule has 116 valence electrons. The van der Waals surface area contributed by atoms with E-state index in [4.69, 9.17) is 4.74 Å². The van der Waals surface area contributed by atoms with Crippen LogP contribution in [0.3, 0.4) is 0 Å². The Balaban J connectivity index is 1.99. The van der Waals surface area contributed by atoms with Crippen molar-refractivity contribution in [2.75, 3.05) is 13.7 Å². The second kappa shape index (κ2) is 6.44. The molecule has 20 heavy (non-hydrogen) atoms. The van der Waals surface area contributed by atoms with Gasteiger partial charge in [-0.2, -0.15) is 0 Å². The number of esters is 1. The molecule has 2 saturated carbocycles. The van der Waals surface area contributed by atoms with Crippen molar-refractivity contribution in [1.82, 2.24) is 10.2 Å². The number of rotatable bonds is 9. The molecule has 0 aromatic rings. The monoisotopic (exact) mass is 282 g/mol. The smallest absolute Gasteiger partial charge is 0.325 e. The number of nitrogens with zero attached hydrogens (tertiary/aromatic N) is 1. The van der Waals surface area contributed by atoms with E-state index in [1.807, 2.05) is 6.92 Å². The van der Waals surface area contributed by atoms with E-state index >= 15 is 0 Å². The first-order valence-corrected chi connectivity index (χ1v) is 8.12. The second-order valence-corrected chi connectivity index (χ2v) is 6.76. The number of hydrogen-bond donors (Lipinski definition) is 1. The summed E-state index contributed by atoms with van der Waals surface area (Å²) in [6.07, 6.45) is 6.99. The number of hydrogen-bond acceptors (Lipinski definition) is 4. The zero-order chi connectivity index (χ0) is 14.8. The zero-order valence-corrected chi connectivity index (χ0v) is 13.4. The third-order valence-electron chi connectivity index (χ3n) is 4.50. The molecule has 0 saturated heterocycles. The summed E-state index contributed by atoms with van der Waals surface area (Å²) in [5.74, 6) is -0.122. The van der Waals surface area contributed by atoms with Gasteiger partial charge in [0.05, 0.1) is 7.11 Å². The lowest BCUT2D eigenvalue weighted by Crippen LogP contribution is -2.55. The predicted octanol–water partition coefficient (Wildman–Crippen LogP) is 2.32. The van der Waals surface area contributed by atoms with Gasteiger partial charge >= 0.3 is 5.97 Å². The van der Waals surface area contributed by atoms with E-state index in [1.165, 1.54) is 39.2 Å². The van der Waals surface area contributed by atoms with Gasteiger partial charge in [-0.25, -0.2) is 0 Å². The Kier molecular flexibility index (Phi) is 5.08. The summed E-state index contributed by atoms with van der Waals surface area (Å²) in [6.45, 7) is 7.62. The van der Waals surface area contributed by atoms with Crippen LogP contribution in [0.2, 0.25) is 0 Å². The van der Waals surface area contributed by atoms with Gasteiger partial charge in [0.2, 0.25) is 0 Å². The maximum atomic E-state index is 12.2. The highest BCUT2D eigenvalue weighted by atomic mass is 16.5. The minimum Gasteiger partial charge on any atom is -0.468 e. The summed E-state index contributed by atoms with van der Waals surface area (Å²) in [5, 5.41) is 3.50. The third-order valence-corrected chi connectivity index (χ3v) is 4.50. The largest absolute Gasteiger partial charge is 0.468 e. The van der Waals surface area contributed by atoms with Gasteiger partial charge in [-0.15, -0.1) is 0 Å². The second-order valence-electron chi connectivity index (χ2n) is 6.76. The fourth-order valence-electron chi connectivity index (χ4n) is 3.24. The molecule has 0 heterocycles. The van der Waals surface area contributed by atoms with E-state index in [0.29, 0.717) is 12.1 Å². The Morgan fingerprint density at radius 3 is 2.50 bits per heavy atom. The SMILES string of the molecule is CCCN(C(C)CC(C)(NC1CC1)C(=O)OC)C1CC1. The lowest BCUT2D eigenvalue weighted by atomic mass is 9.92. The zero-order valence-electron chi connectivity index (χ0n) is 13.4. The fraction of sp³-hybridized carbons (Fsp3) is 0.938. The third kappa shape index (κ3) is 3.95. The summed E-state index contributed by atoms with van der Waals surface area (Å²) in [5.41, 5.74) is -0.545. The summed E-state index contributed by atoms with van der Waals surface area (Å²) in [6, 6.07) is 1.66. The van der Waals surface area contributed by atoms with Gasteiger partial charge < -0.3 is 4.74 Å². The maximum Gasteiger partial charge on any atom is 0.325 e. The van der Waals surface area contributed by atoms with Gasteiger partial charge in [0.1, 0.15) is 5.54 Å². The molecule has 0 aromatic carbocycles. The number of carbonyl (C=O) groups excluding carboxylic acids is 1. The van der Waals surface area contributed by atoms with Gasteiger partial charge in [-0.1, -0.05) is 6.92 Å². The van der Waals surface area contributed by atoms with Crippen molar-refractivity contribution < 1.29 is 9.53 Å². The summed E-state index contributed by atoms with van der Waals surface area (Å²) >= 11 is 0. The molecule has 1 N–H and O–H groups in total. The van der Waals surface area contributed by atoms with Gasteiger partial charge in [0.15, 0.2) is 0 Å². The van der Waals surface area contributed by atoms with Gasteiger partial charge in [-0.05, 0) is 58.9 Å². The molecule has 0 amide bonds.